The van der Waals surface area contributed by atoms with Crippen molar-refractivity contribution in [2.45, 2.75) is 6.92 Å². The maximum atomic E-state index is 8.90. The van der Waals surface area contributed by atoms with Crippen LogP contribution in [0, 0.1) is 18.3 Å². The molecule has 0 aliphatic heterocycles. The van der Waals surface area contributed by atoms with Gasteiger partial charge in [0.25, 0.3) is 0 Å². The molecule has 1 heterocycles. The standard InChI is InChI=1S/C13H11ClN4/c1-8-10(14)3-2-4-11(8)18-13-12(16)9(7-15)5-6-17-13/h2-6H,16H2,1H3,(H,17,18). The molecule has 3 N–H and O–H groups in total. The van der Waals surface area contributed by atoms with Gasteiger partial charge in [0.2, 0.25) is 0 Å². The van der Waals surface area contributed by atoms with E-state index in [1.165, 1.54) is 6.20 Å². The third kappa shape index (κ3) is 2.22. The first-order chi connectivity index (χ1) is 8.63. The molecule has 0 spiro atoms. The number of halogens is 1. The molecule has 0 radical (unpaired) electrons. The van der Waals surface area contributed by atoms with Crippen LogP contribution in [0.25, 0.3) is 0 Å². The van der Waals surface area contributed by atoms with E-state index in [9.17, 15) is 0 Å². The molecule has 2 rings (SSSR count). The molecule has 0 aliphatic rings. The Hall–Kier alpha value is -2.25. The second-order valence-electron chi connectivity index (χ2n) is 3.77. The van der Waals surface area contributed by atoms with E-state index >= 15 is 0 Å². The lowest BCUT2D eigenvalue weighted by Crippen LogP contribution is -2.02. The SMILES string of the molecule is Cc1c(Cl)cccc1Nc1nccc(C#N)c1N. The largest absolute Gasteiger partial charge is 0.395 e. The zero-order valence-electron chi connectivity index (χ0n) is 9.74. The van der Waals surface area contributed by atoms with Crippen LogP contribution in [0.2, 0.25) is 5.02 Å². The van der Waals surface area contributed by atoms with E-state index in [-0.39, 0.29) is 0 Å². The summed E-state index contributed by atoms with van der Waals surface area (Å²) in [6, 6.07) is 9.11. The van der Waals surface area contributed by atoms with Crippen LogP contribution in [-0.2, 0) is 0 Å². The number of pyridine rings is 1. The van der Waals surface area contributed by atoms with E-state index in [2.05, 4.69) is 10.3 Å². The Morgan fingerprint density at radius 1 is 1.39 bits per heavy atom. The van der Waals surface area contributed by atoms with Crippen LogP contribution in [0.5, 0.6) is 0 Å². The second kappa shape index (κ2) is 4.94. The molecule has 2 aromatic rings. The average molecular weight is 259 g/mol. The number of hydrogen-bond donors (Lipinski definition) is 2. The first kappa shape index (κ1) is 12.2. The molecule has 18 heavy (non-hydrogen) atoms. The highest BCUT2D eigenvalue weighted by atomic mass is 35.5. The topological polar surface area (TPSA) is 74.7 Å². The second-order valence-corrected chi connectivity index (χ2v) is 4.18. The average Bonchev–Trinajstić information content (AvgIpc) is 2.37. The maximum absolute atomic E-state index is 8.90. The summed E-state index contributed by atoms with van der Waals surface area (Å²) in [5.41, 5.74) is 8.30. The van der Waals surface area contributed by atoms with Gasteiger partial charge in [0.05, 0.1) is 11.3 Å². The number of nitrogens with two attached hydrogens (primary N) is 1. The zero-order chi connectivity index (χ0) is 13.1. The van der Waals surface area contributed by atoms with Crippen molar-refractivity contribution in [2.75, 3.05) is 11.1 Å². The number of rotatable bonds is 2. The Morgan fingerprint density at radius 3 is 2.89 bits per heavy atom. The molecule has 0 bridgehead atoms. The summed E-state index contributed by atoms with van der Waals surface area (Å²) in [5.74, 6) is 0.458. The molecular weight excluding hydrogens is 248 g/mol. The molecule has 5 heteroatoms. The van der Waals surface area contributed by atoms with Gasteiger partial charge in [-0.25, -0.2) is 4.98 Å². The number of anilines is 3. The summed E-state index contributed by atoms with van der Waals surface area (Å²) in [6.45, 7) is 1.90. The minimum absolute atomic E-state index is 0.333. The molecule has 0 saturated carbocycles. The lowest BCUT2D eigenvalue weighted by atomic mass is 10.2. The molecule has 0 fully saturated rings. The summed E-state index contributed by atoms with van der Waals surface area (Å²) in [6.07, 6.45) is 1.54. The van der Waals surface area contributed by atoms with Crippen LogP contribution in [0.4, 0.5) is 17.2 Å². The lowest BCUT2D eigenvalue weighted by Gasteiger charge is -2.12. The minimum atomic E-state index is 0.333. The summed E-state index contributed by atoms with van der Waals surface area (Å²) in [5, 5.41) is 12.6. The third-order valence-corrected chi connectivity index (χ3v) is 3.04. The lowest BCUT2D eigenvalue weighted by molar-refractivity contribution is 1.29. The van der Waals surface area contributed by atoms with E-state index in [1.807, 2.05) is 31.2 Å². The van der Waals surface area contributed by atoms with Gasteiger partial charge in [-0.05, 0) is 30.7 Å². The highest BCUT2D eigenvalue weighted by Crippen LogP contribution is 2.28. The first-order valence-corrected chi connectivity index (χ1v) is 5.68. The number of nitriles is 1. The van der Waals surface area contributed by atoms with E-state index in [0.29, 0.717) is 22.1 Å². The Kier molecular flexibility index (Phi) is 3.35. The molecular formula is C13H11ClN4. The van der Waals surface area contributed by atoms with Gasteiger partial charge in [-0.3, -0.25) is 0 Å². The minimum Gasteiger partial charge on any atom is -0.395 e. The summed E-state index contributed by atoms with van der Waals surface area (Å²) >= 11 is 6.03. The van der Waals surface area contributed by atoms with Crippen molar-refractivity contribution in [3.05, 3.63) is 46.6 Å². The van der Waals surface area contributed by atoms with Gasteiger partial charge < -0.3 is 11.1 Å². The monoisotopic (exact) mass is 258 g/mol. The first-order valence-electron chi connectivity index (χ1n) is 5.30. The zero-order valence-corrected chi connectivity index (χ0v) is 10.5. The van der Waals surface area contributed by atoms with Crippen LogP contribution in [0.15, 0.2) is 30.5 Å². The van der Waals surface area contributed by atoms with Crippen LogP contribution >= 0.6 is 11.6 Å². The van der Waals surface area contributed by atoms with E-state index in [4.69, 9.17) is 22.6 Å². The van der Waals surface area contributed by atoms with Crippen molar-refractivity contribution in [2.24, 2.45) is 0 Å². The summed E-state index contributed by atoms with van der Waals surface area (Å²) in [4.78, 5) is 4.12. The van der Waals surface area contributed by atoms with Gasteiger partial charge in [-0.15, -0.1) is 0 Å². The molecule has 0 atom stereocenters. The Morgan fingerprint density at radius 2 is 2.17 bits per heavy atom. The Labute approximate surface area is 110 Å². The molecule has 0 saturated heterocycles. The van der Waals surface area contributed by atoms with Gasteiger partial charge in [0.15, 0.2) is 5.82 Å². The maximum Gasteiger partial charge on any atom is 0.154 e. The number of hydrogen-bond acceptors (Lipinski definition) is 4. The van der Waals surface area contributed by atoms with Crippen LogP contribution in [0.1, 0.15) is 11.1 Å². The van der Waals surface area contributed by atoms with E-state index < -0.39 is 0 Å². The highest BCUT2D eigenvalue weighted by molar-refractivity contribution is 6.31. The summed E-state index contributed by atoms with van der Waals surface area (Å²) in [7, 11) is 0. The summed E-state index contributed by atoms with van der Waals surface area (Å²) < 4.78 is 0. The van der Waals surface area contributed by atoms with Crippen molar-refractivity contribution in [3.8, 4) is 6.07 Å². The van der Waals surface area contributed by atoms with Crippen molar-refractivity contribution in [3.63, 3.8) is 0 Å². The van der Waals surface area contributed by atoms with Gasteiger partial charge in [-0.2, -0.15) is 5.26 Å². The van der Waals surface area contributed by atoms with E-state index in [1.54, 1.807) is 6.07 Å². The Balaban J connectivity index is 2.41. The van der Waals surface area contributed by atoms with Crippen LogP contribution < -0.4 is 11.1 Å². The Bertz CT molecular complexity index is 631. The quantitative estimate of drug-likeness (QED) is 0.867. The molecule has 0 unspecified atom stereocenters. The van der Waals surface area contributed by atoms with Gasteiger partial charge >= 0.3 is 0 Å². The highest BCUT2D eigenvalue weighted by Gasteiger charge is 2.08. The van der Waals surface area contributed by atoms with Crippen LogP contribution in [-0.4, -0.2) is 4.98 Å². The fraction of sp³-hybridized carbons (Fsp3) is 0.0769. The predicted molar refractivity (Wildman–Crippen MR) is 72.8 cm³/mol. The molecule has 1 aromatic carbocycles. The molecule has 90 valence electrons. The molecule has 4 nitrogen and oxygen atoms in total. The number of nitrogens with one attached hydrogen (secondary N) is 1. The smallest absolute Gasteiger partial charge is 0.154 e. The van der Waals surface area contributed by atoms with Crippen molar-refractivity contribution < 1.29 is 0 Å². The number of aromatic nitrogens is 1. The molecule has 1 aromatic heterocycles. The normalized spacial score (nSPS) is 9.83. The van der Waals surface area contributed by atoms with E-state index in [0.717, 1.165) is 11.3 Å². The number of benzene rings is 1. The van der Waals surface area contributed by atoms with Crippen molar-refractivity contribution >= 4 is 28.8 Å². The third-order valence-electron chi connectivity index (χ3n) is 2.63. The molecule has 0 amide bonds. The fourth-order valence-corrected chi connectivity index (χ4v) is 1.72. The van der Waals surface area contributed by atoms with Crippen molar-refractivity contribution in [1.29, 1.82) is 5.26 Å². The van der Waals surface area contributed by atoms with Crippen molar-refractivity contribution in [1.82, 2.24) is 4.98 Å². The van der Waals surface area contributed by atoms with Gasteiger partial charge in [0, 0.05) is 16.9 Å². The number of nitrogen functional groups attached to an aromatic ring is 1. The number of nitrogens with zero attached hydrogens (tertiary/aromatic N) is 2. The van der Waals surface area contributed by atoms with Gasteiger partial charge in [0.1, 0.15) is 6.07 Å². The van der Waals surface area contributed by atoms with Crippen LogP contribution in [0.3, 0.4) is 0 Å². The van der Waals surface area contributed by atoms with Gasteiger partial charge in [-0.1, -0.05) is 17.7 Å². The molecule has 0 aliphatic carbocycles. The fourth-order valence-electron chi connectivity index (χ4n) is 1.54. The predicted octanol–water partition coefficient (Wildman–Crippen LogP) is 3.24.